The zero-order valence-electron chi connectivity index (χ0n) is 12.3. The smallest absolute Gasteiger partial charge is 0.226 e. The number of morpholine rings is 1. The summed E-state index contributed by atoms with van der Waals surface area (Å²) in [6.45, 7) is 5.12. The van der Waals surface area contributed by atoms with Crippen LogP contribution in [0.2, 0.25) is 0 Å². The Labute approximate surface area is 120 Å². The van der Waals surface area contributed by atoms with Crippen molar-refractivity contribution in [2.24, 2.45) is 5.92 Å². The van der Waals surface area contributed by atoms with Crippen LogP contribution in [0.25, 0.3) is 0 Å². The highest BCUT2D eigenvalue weighted by molar-refractivity contribution is 5.78. The van der Waals surface area contributed by atoms with Crippen molar-refractivity contribution in [3.63, 3.8) is 0 Å². The van der Waals surface area contributed by atoms with Crippen LogP contribution in [-0.4, -0.2) is 60.0 Å². The summed E-state index contributed by atoms with van der Waals surface area (Å²) in [5.74, 6) is 0.642. The van der Waals surface area contributed by atoms with E-state index in [1.807, 2.05) is 4.90 Å². The molecule has 3 fully saturated rings. The second kappa shape index (κ2) is 5.28. The lowest BCUT2D eigenvalue weighted by molar-refractivity contribution is -0.158. The fourth-order valence-electron chi connectivity index (χ4n) is 3.53. The summed E-state index contributed by atoms with van der Waals surface area (Å²) < 4.78 is 10.9. The Hall–Kier alpha value is -0.650. The standard InChI is InChI=1S/C15H25NO4/c1-14(12-2-3-12)11-20-9-6-16(14)13(17)10-15(18)4-7-19-8-5-15/h12,18H,2-11H2,1H3. The van der Waals surface area contributed by atoms with Gasteiger partial charge in [-0.3, -0.25) is 4.79 Å². The van der Waals surface area contributed by atoms with E-state index >= 15 is 0 Å². The third kappa shape index (κ3) is 2.71. The Morgan fingerprint density at radius 3 is 2.60 bits per heavy atom. The molecule has 3 rings (SSSR count). The van der Waals surface area contributed by atoms with E-state index in [4.69, 9.17) is 9.47 Å². The Bertz CT molecular complexity index is 376. The molecule has 2 aliphatic heterocycles. The molecule has 1 saturated carbocycles. The first kappa shape index (κ1) is 14.3. The van der Waals surface area contributed by atoms with Crippen LogP contribution in [-0.2, 0) is 14.3 Å². The number of hydrogen-bond donors (Lipinski definition) is 1. The van der Waals surface area contributed by atoms with Crippen molar-refractivity contribution in [2.75, 3.05) is 33.0 Å². The molecule has 2 heterocycles. The highest BCUT2D eigenvalue weighted by Crippen LogP contribution is 2.44. The molecule has 2 saturated heterocycles. The topological polar surface area (TPSA) is 59.0 Å². The third-order valence-corrected chi connectivity index (χ3v) is 5.13. The van der Waals surface area contributed by atoms with Gasteiger partial charge in [-0.1, -0.05) is 0 Å². The molecule has 0 bridgehead atoms. The average Bonchev–Trinajstić information content (AvgIpc) is 3.24. The first-order chi connectivity index (χ1) is 9.54. The molecule has 0 aromatic rings. The van der Waals surface area contributed by atoms with Crippen LogP contribution in [0.5, 0.6) is 0 Å². The van der Waals surface area contributed by atoms with Crippen LogP contribution >= 0.6 is 0 Å². The second-order valence-electron chi connectivity index (χ2n) is 6.74. The van der Waals surface area contributed by atoms with Gasteiger partial charge < -0.3 is 19.5 Å². The molecule has 5 nitrogen and oxygen atoms in total. The summed E-state index contributed by atoms with van der Waals surface area (Å²) in [6.07, 6.45) is 3.70. The molecule has 1 N–H and O–H groups in total. The molecule has 3 aliphatic rings. The maximum Gasteiger partial charge on any atom is 0.226 e. The molecule has 5 heteroatoms. The zero-order chi connectivity index (χ0) is 14.2. The minimum Gasteiger partial charge on any atom is -0.389 e. The van der Waals surface area contributed by atoms with Crippen molar-refractivity contribution in [1.82, 2.24) is 4.90 Å². The summed E-state index contributed by atoms with van der Waals surface area (Å²) >= 11 is 0. The number of carbonyl (C=O) groups is 1. The van der Waals surface area contributed by atoms with Crippen molar-refractivity contribution in [3.8, 4) is 0 Å². The lowest BCUT2D eigenvalue weighted by Gasteiger charge is -2.46. The predicted molar refractivity (Wildman–Crippen MR) is 73.3 cm³/mol. The summed E-state index contributed by atoms with van der Waals surface area (Å²) in [4.78, 5) is 14.7. The Balaban J connectivity index is 1.68. The van der Waals surface area contributed by atoms with Gasteiger partial charge in [0.05, 0.1) is 30.8 Å². The van der Waals surface area contributed by atoms with Gasteiger partial charge >= 0.3 is 0 Å². The SMILES string of the molecule is CC1(C2CC2)COCCN1C(=O)CC1(O)CCOCC1. The van der Waals surface area contributed by atoms with Crippen molar-refractivity contribution in [1.29, 1.82) is 0 Å². The second-order valence-corrected chi connectivity index (χ2v) is 6.74. The molecule has 1 amide bonds. The van der Waals surface area contributed by atoms with Crippen molar-refractivity contribution < 1.29 is 19.4 Å². The van der Waals surface area contributed by atoms with Crippen molar-refractivity contribution >= 4 is 5.91 Å². The van der Waals surface area contributed by atoms with Gasteiger partial charge in [0.2, 0.25) is 5.91 Å². The molecule has 0 aromatic heterocycles. The number of aliphatic hydroxyl groups is 1. The van der Waals surface area contributed by atoms with Gasteiger partial charge in [0.15, 0.2) is 0 Å². The number of nitrogens with zero attached hydrogens (tertiary/aromatic N) is 1. The molecule has 0 spiro atoms. The van der Waals surface area contributed by atoms with Gasteiger partial charge in [-0.25, -0.2) is 0 Å². The monoisotopic (exact) mass is 283 g/mol. The van der Waals surface area contributed by atoms with E-state index in [9.17, 15) is 9.90 Å². The van der Waals surface area contributed by atoms with E-state index in [2.05, 4.69) is 6.92 Å². The van der Waals surface area contributed by atoms with Gasteiger partial charge in [-0.05, 0) is 25.7 Å². The number of amides is 1. The van der Waals surface area contributed by atoms with E-state index in [0.29, 0.717) is 51.7 Å². The summed E-state index contributed by atoms with van der Waals surface area (Å²) in [5.41, 5.74) is -1.05. The van der Waals surface area contributed by atoms with Crippen molar-refractivity contribution in [2.45, 2.75) is 50.2 Å². The van der Waals surface area contributed by atoms with E-state index in [1.54, 1.807) is 0 Å². The molecular formula is C15H25NO4. The van der Waals surface area contributed by atoms with Gasteiger partial charge in [0.25, 0.3) is 0 Å². The Kier molecular flexibility index (Phi) is 3.77. The van der Waals surface area contributed by atoms with Crippen LogP contribution in [0.15, 0.2) is 0 Å². The number of carbonyl (C=O) groups excluding carboxylic acids is 1. The van der Waals surface area contributed by atoms with E-state index < -0.39 is 5.60 Å². The first-order valence-corrected chi connectivity index (χ1v) is 7.72. The number of hydrogen-bond acceptors (Lipinski definition) is 4. The Morgan fingerprint density at radius 1 is 1.25 bits per heavy atom. The Morgan fingerprint density at radius 2 is 1.95 bits per heavy atom. The lowest BCUT2D eigenvalue weighted by Crippen LogP contribution is -2.60. The third-order valence-electron chi connectivity index (χ3n) is 5.13. The quantitative estimate of drug-likeness (QED) is 0.837. The van der Waals surface area contributed by atoms with Crippen LogP contribution in [0, 0.1) is 5.92 Å². The number of ether oxygens (including phenoxy) is 2. The number of rotatable bonds is 3. The minimum absolute atomic E-state index is 0.0760. The molecule has 1 unspecified atom stereocenters. The van der Waals surface area contributed by atoms with Gasteiger partial charge in [-0.2, -0.15) is 0 Å². The lowest BCUT2D eigenvalue weighted by atomic mass is 9.87. The molecule has 20 heavy (non-hydrogen) atoms. The zero-order valence-corrected chi connectivity index (χ0v) is 12.3. The predicted octanol–water partition coefficient (Wildman–Crippen LogP) is 0.945. The minimum atomic E-state index is -0.877. The normalized spacial score (nSPS) is 34.0. The average molecular weight is 283 g/mol. The van der Waals surface area contributed by atoms with Crippen LogP contribution < -0.4 is 0 Å². The molecule has 1 aliphatic carbocycles. The molecule has 0 radical (unpaired) electrons. The highest BCUT2D eigenvalue weighted by Gasteiger charge is 2.50. The molecule has 1 atom stereocenters. The summed E-state index contributed by atoms with van der Waals surface area (Å²) in [6, 6.07) is 0. The molecular weight excluding hydrogens is 258 g/mol. The molecule has 0 aromatic carbocycles. The van der Waals surface area contributed by atoms with Gasteiger partial charge in [0, 0.05) is 32.6 Å². The van der Waals surface area contributed by atoms with Crippen molar-refractivity contribution in [3.05, 3.63) is 0 Å². The maximum absolute atomic E-state index is 12.7. The maximum atomic E-state index is 12.7. The van der Waals surface area contributed by atoms with Crippen LogP contribution in [0.1, 0.15) is 39.0 Å². The molecule has 114 valence electrons. The first-order valence-electron chi connectivity index (χ1n) is 7.72. The van der Waals surface area contributed by atoms with Crippen LogP contribution in [0.3, 0.4) is 0 Å². The largest absolute Gasteiger partial charge is 0.389 e. The highest BCUT2D eigenvalue weighted by atomic mass is 16.5. The fourth-order valence-corrected chi connectivity index (χ4v) is 3.53. The fraction of sp³-hybridized carbons (Fsp3) is 0.933. The summed E-state index contributed by atoms with van der Waals surface area (Å²) in [7, 11) is 0. The van der Waals surface area contributed by atoms with Gasteiger partial charge in [-0.15, -0.1) is 0 Å². The van der Waals surface area contributed by atoms with E-state index in [0.717, 1.165) is 0 Å². The van der Waals surface area contributed by atoms with Gasteiger partial charge in [0.1, 0.15) is 0 Å². The summed E-state index contributed by atoms with van der Waals surface area (Å²) in [5, 5.41) is 10.5. The van der Waals surface area contributed by atoms with Crippen LogP contribution in [0.4, 0.5) is 0 Å². The van der Waals surface area contributed by atoms with E-state index in [-0.39, 0.29) is 17.9 Å². The van der Waals surface area contributed by atoms with E-state index in [1.165, 1.54) is 12.8 Å².